The number of amides is 1. The monoisotopic (exact) mass is 351 g/mol. The maximum atomic E-state index is 12.8. The number of carbonyl (C=O) groups is 2. The molecule has 1 amide bonds. The van der Waals surface area contributed by atoms with E-state index in [0.717, 1.165) is 4.47 Å². The maximum Gasteiger partial charge on any atom is 0.313 e. The van der Waals surface area contributed by atoms with Crippen molar-refractivity contribution in [2.24, 2.45) is 10.8 Å². The number of carbonyl (C=O) groups excluding carboxylic acids is 2. The highest BCUT2D eigenvalue weighted by Gasteiger charge is 2.75. The summed E-state index contributed by atoms with van der Waals surface area (Å²) in [6, 6.07) is 7.40. The molecule has 0 aromatic heterocycles. The summed E-state index contributed by atoms with van der Waals surface area (Å²) < 4.78 is 6.38. The number of ether oxygens (including phenoxy) is 1. The molecule has 0 radical (unpaired) electrons. The van der Waals surface area contributed by atoms with Crippen LogP contribution in [0.3, 0.4) is 0 Å². The molecule has 3 rings (SSSR count). The summed E-state index contributed by atoms with van der Waals surface area (Å²) in [5.74, 6) is -0.505. The molecule has 112 valence electrons. The molecule has 5 heteroatoms. The Labute approximate surface area is 132 Å². The molecule has 1 aromatic rings. The highest BCUT2D eigenvalue weighted by Crippen LogP contribution is 2.65. The molecule has 2 fully saturated rings. The minimum Gasteiger partial charge on any atom is -0.448 e. The summed E-state index contributed by atoms with van der Waals surface area (Å²) >= 11 is 3.41. The van der Waals surface area contributed by atoms with Crippen molar-refractivity contribution in [2.75, 3.05) is 5.32 Å². The summed E-state index contributed by atoms with van der Waals surface area (Å²) in [5.41, 5.74) is -1.50. The van der Waals surface area contributed by atoms with Crippen molar-refractivity contribution in [1.82, 2.24) is 0 Å². The van der Waals surface area contributed by atoms with Crippen LogP contribution in [-0.4, -0.2) is 17.5 Å². The van der Waals surface area contributed by atoms with Crippen LogP contribution in [0.2, 0.25) is 0 Å². The number of hydrogen-bond donors (Lipinski definition) is 1. The van der Waals surface area contributed by atoms with Gasteiger partial charge in [0.1, 0.15) is 0 Å². The van der Waals surface area contributed by atoms with Crippen LogP contribution in [0.4, 0.5) is 5.69 Å². The fraction of sp³-hybridized carbons (Fsp3) is 0.500. The van der Waals surface area contributed by atoms with Gasteiger partial charge in [0.15, 0.2) is 5.60 Å². The first kappa shape index (κ1) is 14.6. The van der Waals surface area contributed by atoms with Crippen molar-refractivity contribution in [2.45, 2.75) is 39.2 Å². The van der Waals surface area contributed by atoms with E-state index >= 15 is 0 Å². The third-order valence-electron chi connectivity index (χ3n) is 5.57. The first-order chi connectivity index (χ1) is 9.74. The average Bonchev–Trinajstić information content (AvgIpc) is 2.72. The zero-order valence-electron chi connectivity index (χ0n) is 12.3. The molecule has 1 heterocycles. The van der Waals surface area contributed by atoms with E-state index in [-0.39, 0.29) is 11.9 Å². The zero-order chi connectivity index (χ0) is 15.5. The van der Waals surface area contributed by atoms with Gasteiger partial charge in [-0.05, 0) is 47.8 Å². The Kier molecular flexibility index (Phi) is 3.00. The number of esters is 1. The number of hydrogen-bond acceptors (Lipinski definition) is 3. The predicted molar refractivity (Wildman–Crippen MR) is 82.7 cm³/mol. The molecule has 21 heavy (non-hydrogen) atoms. The Bertz CT molecular complexity index is 642. The highest BCUT2D eigenvalue weighted by atomic mass is 79.9. The zero-order valence-corrected chi connectivity index (χ0v) is 13.9. The lowest BCUT2D eigenvalue weighted by atomic mass is 9.66. The normalized spacial score (nSPS) is 32.9. The van der Waals surface area contributed by atoms with E-state index in [0.29, 0.717) is 18.5 Å². The predicted octanol–water partition coefficient (Wildman–Crippen LogP) is 3.51. The first-order valence-electron chi connectivity index (χ1n) is 7.04. The van der Waals surface area contributed by atoms with Crippen molar-refractivity contribution in [3.8, 4) is 0 Å². The fourth-order valence-electron chi connectivity index (χ4n) is 3.53. The second kappa shape index (κ2) is 4.32. The third kappa shape index (κ3) is 1.67. The van der Waals surface area contributed by atoms with Crippen LogP contribution >= 0.6 is 15.9 Å². The number of halogens is 1. The molecule has 1 aliphatic carbocycles. The van der Waals surface area contributed by atoms with E-state index in [4.69, 9.17) is 4.74 Å². The van der Waals surface area contributed by atoms with E-state index in [1.807, 2.05) is 45.0 Å². The van der Waals surface area contributed by atoms with E-state index in [2.05, 4.69) is 21.2 Å². The Morgan fingerprint density at radius 3 is 2.43 bits per heavy atom. The van der Waals surface area contributed by atoms with Crippen molar-refractivity contribution >= 4 is 33.5 Å². The summed E-state index contributed by atoms with van der Waals surface area (Å²) in [5, 5.41) is 2.90. The van der Waals surface area contributed by atoms with Crippen molar-refractivity contribution in [1.29, 1.82) is 0 Å². The summed E-state index contributed by atoms with van der Waals surface area (Å²) in [7, 11) is 0. The Balaban J connectivity index is 1.96. The van der Waals surface area contributed by atoms with Gasteiger partial charge in [-0.15, -0.1) is 0 Å². The van der Waals surface area contributed by atoms with Gasteiger partial charge in [-0.25, -0.2) is 0 Å². The number of para-hydroxylation sites is 1. The van der Waals surface area contributed by atoms with E-state index in [1.54, 1.807) is 0 Å². The molecule has 1 N–H and O–H groups in total. The Morgan fingerprint density at radius 2 is 1.90 bits per heavy atom. The van der Waals surface area contributed by atoms with Crippen LogP contribution in [-0.2, 0) is 14.3 Å². The van der Waals surface area contributed by atoms with Crippen LogP contribution in [0, 0.1) is 10.8 Å². The van der Waals surface area contributed by atoms with Crippen LogP contribution in [0.1, 0.15) is 33.6 Å². The molecule has 1 saturated heterocycles. The highest BCUT2D eigenvalue weighted by molar-refractivity contribution is 9.10. The third-order valence-corrected chi connectivity index (χ3v) is 6.26. The maximum absolute atomic E-state index is 12.8. The van der Waals surface area contributed by atoms with Gasteiger partial charge >= 0.3 is 5.97 Å². The van der Waals surface area contributed by atoms with Gasteiger partial charge in [-0.2, -0.15) is 0 Å². The SMILES string of the molecule is CC12CCC(C(=O)Nc3ccccc3Br)(OC1=O)C2(C)C. The van der Waals surface area contributed by atoms with Crippen molar-refractivity contribution < 1.29 is 14.3 Å². The minimum atomic E-state index is -1.08. The number of benzene rings is 1. The topological polar surface area (TPSA) is 55.4 Å². The summed E-state index contributed by atoms with van der Waals surface area (Å²) in [6.07, 6.45) is 1.25. The summed E-state index contributed by atoms with van der Waals surface area (Å²) in [4.78, 5) is 25.0. The van der Waals surface area contributed by atoms with Crippen LogP contribution < -0.4 is 5.32 Å². The lowest BCUT2D eigenvalue weighted by molar-refractivity contribution is -0.165. The molecule has 0 spiro atoms. The first-order valence-corrected chi connectivity index (χ1v) is 7.83. The molecular formula is C16H18BrNO3. The van der Waals surface area contributed by atoms with Crippen molar-refractivity contribution in [3.63, 3.8) is 0 Å². The van der Waals surface area contributed by atoms with E-state index in [9.17, 15) is 9.59 Å². The molecule has 1 aliphatic heterocycles. The number of nitrogens with one attached hydrogen (secondary N) is 1. The second-order valence-electron chi connectivity index (χ2n) is 6.61. The van der Waals surface area contributed by atoms with Gasteiger partial charge < -0.3 is 10.1 Å². The molecule has 1 saturated carbocycles. The Morgan fingerprint density at radius 1 is 1.24 bits per heavy atom. The largest absolute Gasteiger partial charge is 0.448 e. The van der Waals surface area contributed by atoms with Gasteiger partial charge in [0.05, 0.1) is 11.1 Å². The smallest absolute Gasteiger partial charge is 0.313 e. The second-order valence-corrected chi connectivity index (χ2v) is 7.46. The quantitative estimate of drug-likeness (QED) is 0.829. The van der Waals surface area contributed by atoms with Crippen LogP contribution in [0.25, 0.3) is 0 Å². The fourth-order valence-corrected chi connectivity index (χ4v) is 3.92. The van der Waals surface area contributed by atoms with Gasteiger partial charge in [0, 0.05) is 9.89 Å². The molecule has 2 atom stereocenters. The standard InChI is InChI=1S/C16H18BrNO3/c1-14(2)15(3)8-9-16(14,21-13(15)20)12(19)18-11-7-5-4-6-10(11)17/h4-7H,8-9H2,1-3H3,(H,18,19). The van der Waals surface area contributed by atoms with Crippen LogP contribution in [0.5, 0.6) is 0 Å². The minimum absolute atomic E-state index is 0.242. The molecule has 4 nitrogen and oxygen atoms in total. The van der Waals surface area contributed by atoms with Crippen molar-refractivity contribution in [3.05, 3.63) is 28.7 Å². The molecule has 2 aliphatic rings. The number of anilines is 1. The van der Waals surface area contributed by atoms with Gasteiger partial charge in [0.2, 0.25) is 0 Å². The summed E-state index contributed by atoms with van der Waals surface area (Å²) in [6.45, 7) is 5.80. The lowest BCUT2D eigenvalue weighted by Gasteiger charge is -2.35. The average molecular weight is 352 g/mol. The van der Waals surface area contributed by atoms with E-state index < -0.39 is 16.4 Å². The van der Waals surface area contributed by atoms with Crippen LogP contribution in [0.15, 0.2) is 28.7 Å². The lowest BCUT2D eigenvalue weighted by Crippen LogP contribution is -2.50. The molecule has 2 bridgehead atoms. The number of rotatable bonds is 2. The van der Waals surface area contributed by atoms with Gasteiger partial charge in [-0.3, -0.25) is 9.59 Å². The molecular weight excluding hydrogens is 334 g/mol. The molecule has 1 aromatic carbocycles. The van der Waals surface area contributed by atoms with E-state index in [1.165, 1.54) is 0 Å². The molecule has 2 unspecified atom stereocenters. The number of fused-ring (bicyclic) bond motifs is 2. The van der Waals surface area contributed by atoms with Gasteiger partial charge in [-0.1, -0.05) is 26.0 Å². The van der Waals surface area contributed by atoms with Gasteiger partial charge in [0.25, 0.3) is 5.91 Å². The Hall–Kier alpha value is -1.36.